The van der Waals surface area contributed by atoms with Crippen molar-refractivity contribution in [2.45, 2.75) is 37.6 Å². The predicted octanol–water partition coefficient (Wildman–Crippen LogP) is 1.58. The van der Waals surface area contributed by atoms with E-state index in [2.05, 4.69) is 9.80 Å². The lowest BCUT2D eigenvalue weighted by Crippen LogP contribution is -2.64. The fourth-order valence-electron chi connectivity index (χ4n) is 4.48. The molecule has 0 saturated carbocycles. The summed E-state index contributed by atoms with van der Waals surface area (Å²) in [5, 5.41) is 0. The number of methoxy groups -OCH3 is 1. The largest absolute Gasteiger partial charge is 0.385 e. The fraction of sp³-hybridized carbons (Fsp3) is 1.00. The average molecular weight is 238 g/mol. The Labute approximate surface area is 105 Å². The van der Waals surface area contributed by atoms with Crippen LogP contribution in [0.2, 0.25) is 0 Å². The molecule has 0 aromatic heterocycles. The maximum atomic E-state index is 5.20. The summed E-state index contributed by atoms with van der Waals surface area (Å²) < 4.78 is 5.20. The highest BCUT2D eigenvalue weighted by atomic mass is 16.5. The molecule has 1 unspecified atom stereocenters. The Morgan fingerprint density at radius 2 is 2.06 bits per heavy atom. The minimum atomic E-state index is 0.560. The van der Waals surface area contributed by atoms with E-state index in [1.54, 1.807) is 0 Å². The van der Waals surface area contributed by atoms with Crippen LogP contribution < -0.4 is 0 Å². The van der Waals surface area contributed by atoms with Gasteiger partial charge in [0.2, 0.25) is 0 Å². The van der Waals surface area contributed by atoms with Crippen molar-refractivity contribution in [1.82, 2.24) is 9.80 Å². The standard InChI is InChI=1S/C14H26N2O/c1-17-11-3-8-16-7-2-6-14(16)12-15-9-4-13(14)5-10-15/h13H,2-12H2,1H3. The van der Waals surface area contributed by atoms with Crippen LogP contribution in [-0.4, -0.2) is 61.8 Å². The Balaban J connectivity index is 1.67. The molecular formula is C14H26N2O. The first-order valence-corrected chi connectivity index (χ1v) is 7.31. The van der Waals surface area contributed by atoms with Crippen LogP contribution in [0.1, 0.15) is 32.1 Å². The second-order valence-corrected chi connectivity index (χ2v) is 6.09. The summed E-state index contributed by atoms with van der Waals surface area (Å²) in [5.74, 6) is 0.984. The topological polar surface area (TPSA) is 15.7 Å². The van der Waals surface area contributed by atoms with Crippen molar-refractivity contribution in [3.05, 3.63) is 0 Å². The zero-order valence-electron chi connectivity index (χ0n) is 11.2. The van der Waals surface area contributed by atoms with Gasteiger partial charge in [0.25, 0.3) is 0 Å². The van der Waals surface area contributed by atoms with Crippen molar-refractivity contribution < 1.29 is 4.74 Å². The van der Waals surface area contributed by atoms with Crippen LogP contribution >= 0.6 is 0 Å². The second-order valence-electron chi connectivity index (χ2n) is 6.09. The Bertz CT molecular complexity index is 263. The molecule has 0 aliphatic carbocycles. The Morgan fingerprint density at radius 3 is 2.71 bits per heavy atom. The molecule has 0 aromatic carbocycles. The monoisotopic (exact) mass is 238 g/mol. The molecule has 0 amide bonds. The molecule has 4 fully saturated rings. The molecule has 0 N–H and O–H groups in total. The molecule has 98 valence electrons. The number of nitrogens with zero attached hydrogens (tertiary/aromatic N) is 2. The van der Waals surface area contributed by atoms with Crippen LogP contribution in [0.25, 0.3) is 0 Å². The molecule has 17 heavy (non-hydrogen) atoms. The van der Waals surface area contributed by atoms with Gasteiger partial charge in [-0.2, -0.15) is 0 Å². The summed E-state index contributed by atoms with van der Waals surface area (Å²) in [6, 6.07) is 0. The van der Waals surface area contributed by atoms with E-state index < -0.39 is 0 Å². The number of rotatable bonds is 4. The molecule has 4 aliphatic rings. The van der Waals surface area contributed by atoms with Crippen LogP contribution in [0.15, 0.2) is 0 Å². The molecule has 0 aromatic rings. The van der Waals surface area contributed by atoms with Gasteiger partial charge in [-0.05, 0) is 57.7 Å². The molecule has 1 spiro atoms. The third-order valence-corrected chi connectivity index (χ3v) is 5.29. The lowest BCUT2D eigenvalue weighted by molar-refractivity contribution is -0.0524. The Kier molecular flexibility index (Phi) is 3.42. The number of fused-ring (bicyclic) bond motifs is 2. The van der Waals surface area contributed by atoms with Crippen molar-refractivity contribution in [3.63, 3.8) is 0 Å². The molecular weight excluding hydrogens is 212 g/mol. The molecule has 4 aliphatic heterocycles. The van der Waals surface area contributed by atoms with Crippen LogP contribution in [-0.2, 0) is 4.74 Å². The van der Waals surface area contributed by atoms with Crippen LogP contribution in [0.5, 0.6) is 0 Å². The smallest absolute Gasteiger partial charge is 0.0474 e. The van der Waals surface area contributed by atoms with Crippen molar-refractivity contribution in [1.29, 1.82) is 0 Å². The van der Waals surface area contributed by atoms with E-state index in [1.807, 2.05) is 7.11 Å². The molecule has 4 rings (SSSR count). The van der Waals surface area contributed by atoms with Gasteiger partial charge < -0.3 is 9.64 Å². The van der Waals surface area contributed by atoms with Gasteiger partial charge in [0.1, 0.15) is 0 Å². The van der Waals surface area contributed by atoms with Crippen LogP contribution in [0, 0.1) is 5.92 Å². The Hall–Kier alpha value is -0.120. The highest BCUT2D eigenvalue weighted by Gasteiger charge is 2.51. The third-order valence-electron chi connectivity index (χ3n) is 5.29. The first kappa shape index (κ1) is 11.9. The van der Waals surface area contributed by atoms with E-state index in [0.29, 0.717) is 5.54 Å². The highest BCUT2D eigenvalue weighted by molar-refractivity contribution is 5.07. The molecule has 4 heterocycles. The van der Waals surface area contributed by atoms with Crippen molar-refractivity contribution in [3.8, 4) is 0 Å². The van der Waals surface area contributed by atoms with Gasteiger partial charge >= 0.3 is 0 Å². The van der Waals surface area contributed by atoms with E-state index in [-0.39, 0.29) is 0 Å². The second kappa shape index (κ2) is 4.87. The first-order chi connectivity index (χ1) is 8.35. The van der Waals surface area contributed by atoms with E-state index in [0.717, 1.165) is 12.5 Å². The summed E-state index contributed by atoms with van der Waals surface area (Å²) in [4.78, 5) is 5.51. The Morgan fingerprint density at radius 1 is 1.24 bits per heavy atom. The first-order valence-electron chi connectivity index (χ1n) is 7.31. The van der Waals surface area contributed by atoms with Gasteiger partial charge in [-0.1, -0.05) is 0 Å². The predicted molar refractivity (Wildman–Crippen MR) is 69.2 cm³/mol. The number of ether oxygens (including phenoxy) is 1. The third kappa shape index (κ3) is 2.02. The normalized spacial score (nSPS) is 41.5. The summed E-state index contributed by atoms with van der Waals surface area (Å²) in [6.07, 6.45) is 6.95. The van der Waals surface area contributed by atoms with Crippen molar-refractivity contribution in [2.75, 3.05) is 46.4 Å². The SMILES string of the molecule is COCCCN1CCCC12CN1CCC2CC1. The molecule has 3 nitrogen and oxygen atoms in total. The van der Waals surface area contributed by atoms with Gasteiger partial charge in [-0.3, -0.25) is 4.90 Å². The number of likely N-dealkylation sites (tertiary alicyclic amines) is 1. The summed E-state index contributed by atoms with van der Waals surface area (Å²) in [5.41, 5.74) is 0.560. The average Bonchev–Trinajstić information content (AvgIpc) is 2.74. The van der Waals surface area contributed by atoms with Crippen molar-refractivity contribution >= 4 is 0 Å². The zero-order valence-corrected chi connectivity index (χ0v) is 11.2. The fourth-order valence-corrected chi connectivity index (χ4v) is 4.48. The highest BCUT2D eigenvalue weighted by Crippen LogP contribution is 2.45. The maximum Gasteiger partial charge on any atom is 0.0474 e. The minimum absolute atomic E-state index is 0.560. The van der Waals surface area contributed by atoms with E-state index in [9.17, 15) is 0 Å². The lowest BCUT2D eigenvalue weighted by Gasteiger charge is -2.55. The quantitative estimate of drug-likeness (QED) is 0.692. The molecule has 3 heteroatoms. The van der Waals surface area contributed by atoms with E-state index in [1.165, 1.54) is 64.8 Å². The molecule has 4 saturated heterocycles. The van der Waals surface area contributed by atoms with Gasteiger partial charge in [0.15, 0.2) is 0 Å². The zero-order chi connectivity index (χ0) is 11.7. The van der Waals surface area contributed by atoms with Gasteiger partial charge in [0, 0.05) is 32.3 Å². The summed E-state index contributed by atoms with van der Waals surface area (Å²) in [7, 11) is 1.81. The van der Waals surface area contributed by atoms with Gasteiger partial charge in [-0.25, -0.2) is 0 Å². The number of piperidine rings is 3. The van der Waals surface area contributed by atoms with Gasteiger partial charge in [-0.15, -0.1) is 0 Å². The van der Waals surface area contributed by atoms with E-state index >= 15 is 0 Å². The van der Waals surface area contributed by atoms with Crippen LogP contribution in [0.4, 0.5) is 0 Å². The molecule has 1 atom stereocenters. The van der Waals surface area contributed by atoms with Gasteiger partial charge in [0.05, 0.1) is 0 Å². The van der Waals surface area contributed by atoms with Crippen LogP contribution in [0.3, 0.4) is 0 Å². The summed E-state index contributed by atoms with van der Waals surface area (Å²) >= 11 is 0. The lowest BCUT2D eigenvalue weighted by atomic mass is 9.71. The van der Waals surface area contributed by atoms with E-state index in [4.69, 9.17) is 4.74 Å². The molecule has 0 radical (unpaired) electrons. The van der Waals surface area contributed by atoms with Crippen molar-refractivity contribution in [2.24, 2.45) is 5.92 Å². The maximum absolute atomic E-state index is 5.20. The molecule has 2 bridgehead atoms. The summed E-state index contributed by atoms with van der Waals surface area (Å²) in [6.45, 7) is 7.56. The minimum Gasteiger partial charge on any atom is -0.385 e. The number of hydrogen-bond acceptors (Lipinski definition) is 3. The number of hydrogen-bond donors (Lipinski definition) is 0.